The molecule has 0 aliphatic carbocycles. The molecule has 5 heteroatoms. The first-order valence-electron chi connectivity index (χ1n) is 4.49. The molecule has 0 N–H and O–H groups in total. The highest BCUT2D eigenvalue weighted by Crippen LogP contribution is 2.11. The minimum atomic E-state index is -3.17. The summed E-state index contributed by atoms with van der Waals surface area (Å²) in [5.41, 5.74) is 0.734. The number of ether oxygens (including phenoxy) is 1. The molecule has 0 atom stereocenters. The predicted molar refractivity (Wildman–Crippen MR) is 60.6 cm³/mol. The van der Waals surface area contributed by atoms with Crippen molar-refractivity contribution in [2.45, 2.75) is 4.90 Å². The number of carbonyl (C=O) groups is 1. The monoisotopic (exact) mass is 240 g/mol. The Morgan fingerprint density at radius 3 is 2.25 bits per heavy atom. The molecule has 1 rings (SSSR count). The van der Waals surface area contributed by atoms with Gasteiger partial charge in [-0.3, -0.25) is 0 Å². The highest BCUT2D eigenvalue weighted by molar-refractivity contribution is 7.90. The first kappa shape index (κ1) is 12.4. The van der Waals surface area contributed by atoms with Crippen LogP contribution in [0.1, 0.15) is 5.56 Å². The quantitative estimate of drug-likeness (QED) is 0.589. The zero-order valence-electron chi connectivity index (χ0n) is 9.01. The van der Waals surface area contributed by atoms with Gasteiger partial charge >= 0.3 is 5.97 Å². The van der Waals surface area contributed by atoms with Crippen molar-refractivity contribution in [1.29, 1.82) is 0 Å². The molecule has 86 valence electrons. The summed E-state index contributed by atoms with van der Waals surface area (Å²) >= 11 is 0. The van der Waals surface area contributed by atoms with Gasteiger partial charge < -0.3 is 4.74 Å². The fourth-order valence-electron chi connectivity index (χ4n) is 1.06. The average molecular weight is 240 g/mol. The van der Waals surface area contributed by atoms with Crippen LogP contribution in [0.2, 0.25) is 0 Å². The molecule has 0 saturated heterocycles. The molecule has 0 bridgehead atoms. The molecule has 0 amide bonds. The van der Waals surface area contributed by atoms with Gasteiger partial charge in [0.15, 0.2) is 9.84 Å². The average Bonchev–Trinajstić information content (AvgIpc) is 2.25. The van der Waals surface area contributed by atoms with Gasteiger partial charge in [-0.05, 0) is 23.8 Å². The van der Waals surface area contributed by atoms with E-state index in [-0.39, 0.29) is 4.90 Å². The summed E-state index contributed by atoms with van der Waals surface area (Å²) in [5.74, 6) is -0.452. The highest BCUT2D eigenvalue weighted by atomic mass is 32.2. The third-order valence-corrected chi connectivity index (χ3v) is 3.05. The van der Waals surface area contributed by atoms with Crippen LogP contribution in [0.15, 0.2) is 35.2 Å². The lowest BCUT2D eigenvalue weighted by molar-refractivity contribution is -0.134. The van der Waals surface area contributed by atoms with Gasteiger partial charge in [-0.15, -0.1) is 0 Å². The molecule has 0 unspecified atom stereocenters. The number of esters is 1. The van der Waals surface area contributed by atoms with Crippen LogP contribution in [0, 0.1) is 0 Å². The minimum absolute atomic E-state index is 0.253. The predicted octanol–water partition coefficient (Wildman–Crippen LogP) is 1.28. The molecule has 0 aliphatic heterocycles. The molecule has 4 nitrogen and oxygen atoms in total. The molecular weight excluding hydrogens is 228 g/mol. The Morgan fingerprint density at radius 2 is 1.81 bits per heavy atom. The summed E-state index contributed by atoms with van der Waals surface area (Å²) < 4.78 is 26.8. The molecule has 1 aromatic rings. The third-order valence-electron chi connectivity index (χ3n) is 1.92. The van der Waals surface area contributed by atoms with Crippen molar-refractivity contribution in [1.82, 2.24) is 0 Å². The van der Waals surface area contributed by atoms with Gasteiger partial charge in [-0.1, -0.05) is 12.1 Å². The van der Waals surface area contributed by atoms with Gasteiger partial charge in [-0.2, -0.15) is 0 Å². The Hall–Kier alpha value is -1.62. The topological polar surface area (TPSA) is 60.4 Å². The largest absolute Gasteiger partial charge is 0.466 e. The zero-order valence-corrected chi connectivity index (χ0v) is 9.82. The van der Waals surface area contributed by atoms with Gasteiger partial charge in [0.2, 0.25) is 0 Å². The Bertz CT molecular complexity index is 497. The number of rotatable bonds is 3. The van der Waals surface area contributed by atoms with Crippen molar-refractivity contribution in [3.05, 3.63) is 35.9 Å². The van der Waals surface area contributed by atoms with Crippen LogP contribution in [-0.2, 0) is 19.4 Å². The SMILES string of the molecule is COC(=O)C=Cc1ccc(S(C)(=O)=O)cc1. The van der Waals surface area contributed by atoms with Crippen LogP contribution in [-0.4, -0.2) is 27.8 Å². The molecule has 0 aliphatic rings. The number of sulfone groups is 1. The number of methoxy groups -OCH3 is 1. The van der Waals surface area contributed by atoms with E-state index in [0.717, 1.165) is 11.8 Å². The summed E-state index contributed by atoms with van der Waals surface area (Å²) in [5, 5.41) is 0. The molecule has 1 aromatic carbocycles. The summed E-state index contributed by atoms with van der Waals surface area (Å²) in [7, 11) is -1.88. The van der Waals surface area contributed by atoms with E-state index in [9.17, 15) is 13.2 Å². The van der Waals surface area contributed by atoms with Gasteiger partial charge in [-0.25, -0.2) is 13.2 Å². The van der Waals surface area contributed by atoms with E-state index in [1.165, 1.54) is 25.3 Å². The smallest absolute Gasteiger partial charge is 0.330 e. The van der Waals surface area contributed by atoms with Crippen molar-refractivity contribution >= 4 is 21.9 Å². The molecule has 0 saturated carbocycles. The Kier molecular flexibility index (Phi) is 3.84. The number of benzene rings is 1. The van der Waals surface area contributed by atoms with E-state index in [1.807, 2.05) is 0 Å². The van der Waals surface area contributed by atoms with Crippen LogP contribution in [0.3, 0.4) is 0 Å². The first-order chi connectivity index (χ1) is 7.43. The molecule has 16 heavy (non-hydrogen) atoms. The lowest BCUT2D eigenvalue weighted by Gasteiger charge is -1.98. The Morgan fingerprint density at radius 1 is 1.25 bits per heavy atom. The Balaban J connectivity index is 2.88. The second-order valence-corrected chi connectivity index (χ2v) is 5.21. The van der Waals surface area contributed by atoms with Crippen LogP contribution in [0.5, 0.6) is 0 Å². The normalized spacial score (nSPS) is 11.6. The van der Waals surface area contributed by atoms with E-state index in [0.29, 0.717) is 0 Å². The third kappa shape index (κ3) is 3.51. The number of hydrogen-bond acceptors (Lipinski definition) is 4. The molecule has 0 spiro atoms. The van der Waals surface area contributed by atoms with Crippen LogP contribution in [0.25, 0.3) is 6.08 Å². The van der Waals surface area contributed by atoms with E-state index in [1.54, 1.807) is 18.2 Å². The fourth-order valence-corrected chi connectivity index (χ4v) is 1.69. The van der Waals surface area contributed by atoms with E-state index >= 15 is 0 Å². The van der Waals surface area contributed by atoms with Gasteiger partial charge in [0.25, 0.3) is 0 Å². The number of carbonyl (C=O) groups excluding carboxylic acids is 1. The van der Waals surface area contributed by atoms with Crippen molar-refractivity contribution in [3.8, 4) is 0 Å². The Labute approximate surface area is 94.5 Å². The summed E-state index contributed by atoms with van der Waals surface area (Å²) in [6, 6.07) is 6.23. The minimum Gasteiger partial charge on any atom is -0.466 e. The maximum Gasteiger partial charge on any atom is 0.330 e. The van der Waals surface area contributed by atoms with Crippen molar-refractivity contribution < 1.29 is 17.9 Å². The summed E-state index contributed by atoms with van der Waals surface area (Å²) in [6.45, 7) is 0. The van der Waals surface area contributed by atoms with E-state index < -0.39 is 15.8 Å². The molecule has 0 heterocycles. The maximum atomic E-state index is 11.2. The van der Waals surface area contributed by atoms with Crippen LogP contribution < -0.4 is 0 Å². The van der Waals surface area contributed by atoms with Crippen LogP contribution in [0.4, 0.5) is 0 Å². The van der Waals surface area contributed by atoms with Gasteiger partial charge in [0.1, 0.15) is 0 Å². The summed E-state index contributed by atoms with van der Waals surface area (Å²) in [6.07, 6.45) is 3.97. The second-order valence-electron chi connectivity index (χ2n) is 3.20. The maximum absolute atomic E-state index is 11.2. The first-order valence-corrected chi connectivity index (χ1v) is 6.39. The van der Waals surface area contributed by atoms with E-state index in [4.69, 9.17) is 0 Å². The lowest BCUT2D eigenvalue weighted by atomic mass is 10.2. The van der Waals surface area contributed by atoms with Crippen molar-refractivity contribution in [2.24, 2.45) is 0 Å². The van der Waals surface area contributed by atoms with Crippen molar-refractivity contribution in [2.75, 3.05) is 13.4 Å². The lowest BCUT2D eigenvalue weighted by Crippen LogP contribution is -1.96. The summed E-state index contributed by atoms with van der Waals surface area (Å²) in [4.78, 5) is 11.1. The van der Waals surface area contributed by atoms with Gasteiger partial charge in [0.05, 0.1) is 12.0 Å². The standard InChI is InChI=1S/C11H12O4S/c1-15-11(12)8-5-9-3-6-10(7-4-9)16(2,13)14/h3-8H,1-2H3. The van der Waals surface area contributed by atoms with E-state index in [2.05, 4.69) is 4.74 Å². The number of hydrogen-bond donors (Lipinski definition) is 0. The second kappa shape index (κ2) is 4.94. The van der Waals surface area contributed by atoms with Crippen LogP contribution >= 0.6 is 0 Å². The molecule has 0 aromatic heterocycles. The molecule has 0 radical (unpaired) electrons. The highest BCUT2D eigenvalue weighted by Gasteiger charge is 2.05. The van der Waals surface area contributed by atoms with Crippen molar-refractivity contribution in [3.63, 3.8) is 0 Å². The molecule has 0 fully saturated rings. The van der Waals surface area contributed by atoms with Gasteiger partial charge in [0, 0.05) is 12.3 Å². The zero-order chi connectivity index (χ0) is 12.2. The molecular formula is C11H12O4S. The fraction of sp³-hybridized carbons (Fsp3) is 0.182.